The second-order valence-electron chi connectivity index (χ2n) is 6.64. The minimum Gasteiger partial charge on any atom is -0.496 e. The molecule has 2 aromatic rings. The summed E-state index contributed by atoms with van der Waals surface area (Å²) in [6.07, 6.45) is 0. The van der Waals surface area contributed by atoms with Crippen LogP contribution in [-0.4, -0.2) is 12.7 Å². The molecule has 0 bridgehead atoms. The van der Waals surface area contributed by atoms with Gasteiger partial charge >= 0.3 is 0 Å². The lowest BCUT2D eigenvalue weighted by Gasteiger charge is -2.19. The Morgan fingerprint density at radius 2 is 1.65 bits per heavy atom. The fourth-order valence-corrected chi connectivity index (χ4v) is 2.32. The van der Waals surface area contributed by atoms with Crippen LogP contribution in [0.1, 0.15) is 37.5 Å². The van der Waals surface area contributed by atoms with E-state index in [2.05, 4.69) is 56.4 Å². The van der Waals surface area contributed by atoms with E-state index < -0.39 is 0 Å². The first-order valence-corrected chi connectivity index (χ1v) is 8.02. The first kappa shape index (κ1) is 17.5. The van der Waals surface area contributed by atoms with E-state index in [1.165, 1.54) is 16.7 Å². The van der Waals surface area contributed by atoms with E-state index in [-0.39, 0.29) is 5.60 Å². The van der Waals surface area contributed by atoms with Gasteiger partial charge in [0.05, 0.1) is 19.3 Å². The third kappa shape index (κ3) is 6.05. The summed E-state index contributed by atoms with van der Waals surface area (Å²) in [5, 5.41) is 3.47. The smallest absolute Gasteiger partial charge is 0.123 e. The molecule has 23 heavy (non-hydrogen) atoms. The lowest BCUT2D eigenvalue weighted by molar-refractivity contribution is -0.0149. The normalized spacial score (nSPS) is 11.5. The molecular weight excluding hydrogens is 286 g/mol. The first-order valence-electron chi connectivity index (χ1n) is 8.02. The van der Waals surface area contributed by atoms with Crippen LogP contribution in [0.2, 0.25) is 0 Å². The lowest BCUT2D eigenvalue weighted by Crippen LogP contribution is -2.18. The SMILES string of the molecule is COc1ccccc1CNCc1cccc(COC(C)(C)C)c1. The molecule has 0 saturated heterocycles. The molecule has 3 heteroatoms. The fourth-order valence-electron chi connectivity index (χ4n) is 2.32. The Morgan fingerprint density at radius 3 is 2.39 bits per heavy atom. The van der Waals surface area contributed by atoms with Gasteiger partial charge in [-0.15, -0.1) is 0 Å². The minimum atomic E-state index is -0.113. The maximum absolute atomic E-state index is 5.84. The highest BCUT2D eigenvalue weighted by molar-refractivity contribution is 5.33. The predicted octanol–water partition coefficient (Wildman–Crippen LogP) is 4.30. The van der Waals surface area contributed by atoms with Gasteiger partial charge < -0.3 is 14.8 Å². The van der Waals surface area contributed by atoms with E-state index in [9.17, 15) is 0 Å². The van der Waals surface area contributed by atoms with Crippen LogP contribution in [0.5, 0.6) is 5.75 Å². The Bertz CT molecular complexity index is 617. The zero-order valence-electron chi connectivity index (χ0n) is 14.6. The third-order valence-electron chi connectivity index (χ3n) is 3.50. The molecule has 0 atom stereocenters. The summed E-state index contributed by atoms with van der Waals surface area (Å²) in [6.45, 7) is 8.47. The number of hydrogen-bond donors (Lipinski definition) is 1. The summed E-state index contributed by atoms with van der Waals surface area (Å²) in [5.74, 6) is 0.923. The monoisotopic (exact) mass is 313 g/mol. The van der Waals surface area contributed by atoms with Crippen molar-refractivity contribution in [2.75, 3.05) is 7.11 Å². The van der Waals surface area contributed by atoms with Crippen molar-refractivity contribution in [3.05, 3.63) is 65.2 Å². The number of nitrogens with one attached hydrogen (secondary N) is 1. The molecule has 0 spiro atoms. The maximum atomic E-state index is 5.84. The molecule has 0 heterocycles. The van der Waals surface area contributed by atoms with E-state index >= 15 is 0 Å². The van der Waals surface area contributed by atoms with Gasteiger partial charge in [0.25, 0.3) is 0 Å². The zero-order valence-corrected chi connectivity index (χ0v) is 14.6. The molecule has 0 aromatic heterocycles. The summed E-state index contributed by atoms with van der Waals surface area (Å²) >= 11 is 0. The van der Waals surface area contributed by atoms with Crippen molar-refractivity contribution < 1.29 is 9.47 Å². The van der Waals surface area contributed by atoms with Gasteiger partial charge in [0.15, 0.2) is 0 Å². The van der Waals surface area contributed by atoms with Gasteiger partial charge in [0.2, 0.25) is 0 Å². The Hall–Kier alpha value is -1.84. The van der Waals surface area contributed by atoms with Gasteiger partial charge in [-0.1, -0.05) is 42.5 Å². The average molecular weight is 313 g/mol. The molecule has 0 radical (unpaired) electrons. The first-order chi connectivity index (χ1) is 11.0. The highest BCUT2D eigenvalue weighted by Gasteiger charge is 2.10. The Morgan fingerprint density at radius 1 is 0.913 bits per heavy atom. The number of methoxy groups -OCH3 is 1. The summed E-state index contributed by atoms with van der Waals surface area (Å²) in [6, 6.07) is 16.6. The fraction of sp³-hybridized carbons (Fsp3) is 0.400. The van der Waals surface area contributed by atoms with Crippen molar-refractivity contribution >= 4 is 0 Å². The molecule has 3 nitrogen and oxygen atoms in total. The topological polar surface area (TPSA) is 30.5 Å². The van der Waals surface area contributed by atoms with Gasteiger partial charge in [0.1, 0.15) is 5.75 Å². The van der Waals surface area contributed by atoms with Crippen LogP contribution in [0.25, 0.3) is 0 Å². The number of rotatable bonds is 7. The van der Waals surface area contributed by atoms with Crippen molar-refractivity contribution in [1.82, 2.24) is 5.32 Å². The van der Waals surface area contributed by atoms with Gasteiger partial charge in [-0.05, 0) is 38.0 Å². The minimum absolute atomic E-state index is 0.113. The highest BCUT2D eigenvalue weighted by atomic mass is 16.5. The molecule has 124 valence electrons. The zero-order chi connectivity index (χ0) is 16.7. The van der Waals surface area contributed by atoms with Crippen LogP contribution in [0.3, 0.4) is 0 Å². The van der Waals surface area contributed by atoms with Crippen molar-refractivity contribution in [2.45, 2.75) is 46.1 Å². The molecule has 0 unspecified atom stereocenters. The van der Waals surface area contributed by atoms with Gasteiger partial charge in [-0.3, -0.25) is 0 Å². The number of para-hydroxylation sites is 1. The number of hydrogen-bond acceptors (Lipinski definition) is 3. The van der Waals surface area contributed by atoms with Gasteiger partial charge in [0, 0.05) is 18.7 Å². The van der Waals surface area contributed by atoms with Crippen LogP contribution in [-0.2, 0) is 24.4 Å². The molecule has 0 amide bonds. The lowest BCUT2D eigenvalue weighted by atomic mass is 10.1. The predicted molar refractivity (Wildman–Crippen MR) is 94.5 cm³/mol. The molecule has 2 aromatic carbocycles. The van der Waals surface area contributed by atoms with Crippen molar-refractivity contribution in [1.29, 1.82) is 0 Å². The third-order valence-corrected chi connectivity index (χ3v) is 3.50. The Labute approximate surface area is 139 Å². The molecule has 0 aliphatic rings. The van der Waals surface area contributed by atoms with Crippen LogP contribution in [0.4, 0.5) is 0 Å². The molecule has 1 N–H and O–H groups in total. The van der Waals surface area contributed by atoms with E-state index in [1.807, 2.05) is 18.2 Å². The van der Waals surface area contributed by atoms with Crippen LogP contribution >= 0.6 is 0 Å². The van der Waals surface area contributed by atoms with E-state index in [0.29, 0.717) is 6.61 Å². The maximum Gasteiger partial charge on any atom is 0.123 e. The second-order valence-corrected chi connectivity index (χ2v) is 6.64. The van der Waals surface area contributed by atoms with Crippen molar-refractivity contribution in [2.24, 2.45) is 0 Å². The van der Waals surface area contributed by atoms with Crippen LogP contribution in [0.15, 0.2) is 48.5 Å². The standard InChI is InChI=1S/C20H27NO2/c1-20(2,3)23-15-17-9-7-8-16(12-17)13-21-14-18-10-5-6-11-19(18)22-4/h5-12,21H,13-15H2,1-4H3. The highest BCUT2D eigenvalue weighted by Crippen LogP contribution is 2.17. The molecule has 0 fully saturated rings. The van der Waals surface area contributed by atoms with Crippen LogP contribution < -0.4 is 10.1 Å². The quantitative estimate of drug-likeness (QED) is 0.826. The number of ether oxygens (including phenoxy) is 2. The largest absolute Gasteiger partial charge is 0.496 e. The Balaban J connectivity index is 1.88. The summed E-state index contributed by atoms with van der Waals surface area (Å²) in [4.78, 5) is 0. The molecule has 0 aliphatic heterocycles. The van der Waals surface area contributed by atoms with Gasteiger partial charge in [-0.25, -0.2) is 0 Å². The van der Waals surface area contributed by atoms with Gasteiger partial charge in [-0.2, -0.15) is 0 Å². The van der Waals surface area contributed by atoms with Crippen molar-refractivity contribution in [3.63, 3.8) is 0 Å². The molecule has 2 rings (SSSR count). The molecule has 0 saturated carbocycles. The van der Waals surface area contributed by atoms with Crippen molar-refractivity contribution in [3.8, 4) is 5.75 Å². The number of benzene rings is 2. The second kappa shape index (κ2) is 8.14. The summed E-state index contributed by atoms with van der Waals surface area (Å²) < 4.78 is 11.2. The Kier molecular flexibility index (Phi) is 6.20. The molecule has 0 aliphatic carbocycles. The summed E-state index contributed by atoms with van der Waals surface area (Å²) in [5.41, 5.74) is 3.52. The summed E-state index contributed by atoms with van der Waals surface area (Å²) in [7, 11) is 1.71. The van der Waals surface area contributed by atoms with E-state index in [0.717, 1.165) is 18.8 Å². The average Bonchev–Trinajstić information content (AvgIpc) is 2.53. The van der Waals surface area contributed by atoms with E-state index in [4.69, 9.17) is 9.47 Å². The van der Waals surface area contributed by atoms with Crippen LogP contribution in [0, 0.1) is 0 Å². The molecular formula is C20H27NO2. The van der Waals surface area contributed by atoms with E-state index in [1.54, 1.807) is 7.11 Å².